The number of nitro groups is 1. The Balaban J connectivity index is 1.68. The highest BCUT2D eigenvalue weighted by molar-refractivity contribution is 9.10. The Hall–Kier alpha value is -3.24. The van der Waals surface area contributed by atoms with E-state index in [1.807, 2.05) is 49.6 Å². The molecule has 0 amide bonds. The lowest BCUT2D eigenvalue weighted by Crippen LogP contribution is -2.13. The minimum Gasteiger partial charge on any atom is -0.489 e. The van der Waals surface area contributed by atoms with E-state index in [1.54, 1.807) is 18.2 Å². The van der Waals surface area contributed by atoms with Crippen LogP contribution < -0.4 is 4.74 Å². The number of nitrogens with zero attached hydrogens (tertiary/aromatic N) is 4. The Bertz CT molecular complexity index is 1390. The van der Waals surface area contributed by atoms with Crippen molar-refractivity contribution in [3.63, 3.8) is 0 Å². The van der Waals surface area contributed by atoms with E-state index in [9.17, 15) is 14.5 Å². The number of aromatic nitrogens is 3. The second-order valence-electron chi connectivity index (χ2n) is 8.35. The molecule has 0 unspecified atom stereocenters. The number of benzene rings is 3. The summed E-state index contributed by atoms with van der Waals surface area (Å²) in [7, 11) is 0. The summed E-state index contributed by atoms with van der Waals surface area (Å²) in [6, 6.07) is 17.5. The van der Waals surface area contributed by atoms with Crippen LogP contribution in [0.3, 0.4) is 0 Å². The van der Waals surface area contributed by atoms with Crippen molar-refractivity contribution in [1.82, 2.24) is 14.8 Å². The molecule has 0 saturated carbocycles. The van der Waals surface area contributed by atoms with Crippen molar-refractivity contribution in [1.29, 1.82) is 0 Å². The van der Waals surface area contributed by atoms with Gasteiger partial charge < -0.3 is 4.74 Å². The first-order chi connectivity index (χ1) is 17.2. The molecule has 186 valence electrons. The fraction of sp³-hybridized carbons (Fsp3) is 0.231. The largest absolute Gasteiger partial charge is 0.489 e. The third-order valence-corrected chi connectivity index (χ3v) is 7.39. The first kappa shape index (κ1) is 25.8. The Kier molecular flexibility index (Phi) is 8.05. The van der Waals surface area contributed by atoms with Gasteiger partial charge in [0.15, 0.2) is 5.16 Å². The van der Waals surface area contributed by atoms with E-state index in [0.29, 0.717) is 22.3 Å². The van der Waals surface area contributed by atoms with Crippen molar-refractivity contribution in [2.75, 3.05) is 6.54 Å². The van der Waals surface area contributed by atoms with E-state index >= 15 is 0 Å². The predicted molar refractivity (Wildman–Crippen MR) is 141 cm³/mol. The van der Waals surface area contributed by atoms with Crippen LogP contribution >= 0.6 is 27.7 Å². The van der Waals surface area contributed by atoms with Crippen molar-refractivity contribution < 1.29 is 14.1 Å². The molecule has 36 heavy (non-hydrogen) atoms. The van der Waals surface area contributed by atoms with Gasteiger partial charge in [0.2, 0.25) is 6.54 Å². The van der Waals surface area contributed by atoms with Crippen LogP contribution in [0.2, 0.25) is 0 Å². The molecule has 4 aromatic rings. The minimum atomic E-state index is -0.602. The second kappa shape index (κ2) is 11.2. The third kappa shape index (κ3) is 6.11. The number of rotatable bonds is 9. The standard InChI is InChI=1S/C26H24BrFN4O3S/c1-16-4-10-22(12-17(16)2)32-18(3)29-30-26(32)36-25(14-31(33)34)23-13-20(27)7-11-24(23)35-15-19-5-8-21(28)9-6-19/h4-13,25H,14-15H2,1-3H3/t25-/m0/s1. The van der Waals surface area contributed by atoms with Gasteiger partial charge in [0, 0.05) is 20.6 Å². The maximum atomic E-state index is 13.3. The Labute approximate surface area is 221 Å². The highest BCUT2D eigenvalue weighted by atomic mass is 79.9. The van der Waals surface area contributed by atoms with Gasteiger partial charge in [0.25, 0.3) is 0 Å². The summed E-state index contributed by atoms with van der Waals surface area (Å²) < 4.78 is 22.0. The molecular formula is C26H24BrFN4O3S. The number of ether oxygens (including phenoxy) is 1. The molecule has 0 saturated heterocycles. The lowest BCUT2D eigenvalue weighted by molar-refractivity contribution is -0.479. The van der Waals surface area contributed by atoms with Gasteiger partial charge in [-0.3, -0.25) is 14.7 Å². The molecule has 7 nitrogen and oxygen atoms in total. The van der Waals surface area contributed by atoms with E-state index in [0.717, 1.165) is 21.3 Å². The molecule has 4 rings (SSSR count). The third-order valence-electron chi connectivity index (χ3n) is 5.73. The van der Waals surface area contributed by atoms with E-state index in [-0.39, 0.29) is 23.9 Å². The van der Waals surface area contributed by atoms with E-state index in [4.69, 9.17) is 4.74 Å². The zero-order valence-corrected chi connectivity index (χ0v) is 22.3. The van der Waals surface area contributed by atoms with Crippen LogP contribution in [0.25, 0.3) is 5.69 Å². The number of halogens is 2. The SMILES string of the molecule is Cc1ccc(-n2c(C)nnc2S[C@@H](C[N+](=O)[O-])c2cc(Br)ccc2OCc2ccc(F)cc2)cc1C. The van der Waals surface area contributed by atoms with Crippen molar-refractivity contribution in [2.45, 2.75) is 37.8 Å². The molecule has 0 N–H and O–H groups in total. The summed E-state index contributed by atoms with van der Waals surface area (Å²) >= 11 is 4.75. The molecule has 0 aliphatic heterocycles. The lowest BCUT2D eigenvalue weighted by Gasteiger charge is -2.18. The molecule has 0 aliphatic rings. The van der Waals surface area contributed by atoms with E-state index in [2.05, 4.69) is 32.2 Å². The highest BCUT2D eigenvalue weighted by Gasteiger charge is 2.27. The molecule has 0 bridgehead atoms. The van der Waals surface area contributed by atoms with Crippen molar-refractivity contribution in [2.24, 2.45) is 0 Å². The molecule has 0 aliphatic carbocycles. The van der Waals surface area contributed by atoms with Gasteiger partial charge in [-0.05, 0) is 79.9 Å². The fourth-order valence-corrected chi connectivity index (χ4v) is 5.26. The average molecular weight is 571 g/mol. The van der Waals surface area contributed by atoms with E-state index < -0.39 is 5.25 Å². The highest BCUT2D eigenvalue weighted by Crippen LogP contribution is 2.41. The van der Waals surface area contributed by atoms with Crippen molar-refractivity contribution in [3.05, 3.63) is 109 Å². The number of hydrogen-bond donors (Lipinski definition) is 0. The van der Waals surface area contributed by atoms with Gasteiger partial charge in [-0.25, -0.2) is 4.39 Å². The average Bonchev–Trinajstić information content (AvgIpc) is 3.20. The maximum Gasteiger partial charge on any atom is 0.220 e. The van der Waals surface area contributed by atoms with Crippen LogP contribution in [0.5, 0.6) is 5.75 Å². The molecule has 0 fully saturated rings. The number of thioether (sulfide) groups is 1. The monoisotopic (exact) mass is 570 g/mol. The molecule has 3 aromatic carbocycles. The number of aryl methyl sites for hydroxylation is 3. The predicted octanol–water partition coefficient (Wildman–Crippen LogP) is 6.78. The van der Waals surface area contributed by atoms with Gasteiger partial charge in [0.05, 0.1) is 0 Å². The van der Waals surface area contributed by atoms with Gasteiger partial charge in [-0.2, -0.15) is 0 Å². The first-order valence-corrected chi connectivity index (χ1v) is 12.8. The van der Waals surface area contributed by atoms with Gasteiger partial charge in [-0.15, -0.1) is 10.2 Å². The smallest absolute Gasteiger partial charge is 0.220 e. The summed E-state index contributed by atoms with van der Waals surface area (Å²) in [4.78, 5) is 11.3. The molecule has 0 radical (unpaired) electrons. The Morgan fingerprint density at radius 3 is 2.50 bits per heavy atom. The van der Waals surface area contributed by atoms with Gasteiger partial charge >= 0.3 is 0 Å². The summed E-state index contributed by atoms with van der Waals surface area (Å²) in [5, 5.41) is 20.2. The van der Waals surface area contributed by atoms with Crippen molar-refractivity contribution >= 4 is 27.7 Å². The van der Waals surface area contributed by atoms with Crippen molar-refractivity contribution in [3.8, 4) is 11.4 Å². The van der Waals surface area contributed by atoms with Gasteiger partial charge in [0.1, 0.15) is 29.2 Å². The molecule has 1 aromatic heterocycles. The quantitative estimate of drug-likeness (QED) is 0.125. The van der Waals surface area contributed by atoms with Crippen LogP contribution in [0.15, 0.2) is 70.3 Å². The second-order valence-corrected chi connectivity index (χ2v) is 10.4. The lowest BCUT2D eigenvalue weighted by atomic mass is 10.1. The summed E-state index contributed by atoms with van der Waals surface area (Å²) in [6.07, 6.45) is 0. The normalized spacial score (nSPS) is 11.9. The number of hydrogen-bond acceptors (Lipinski definition) is 6. The fourth-order valence-electron chi connectivity index (χ4n) is 3.69. The Morgan fingerprint density at radius 1 is 1.06 bits per heavy atom. The van der Waals surface area contributed by atoms with E-state index in [1.165, 1.54) is 29.5 Å². The molecule has 0 spiro atoms. The van der Waals surface area contributed by atoms with Crippen LogP contribution in [0.4, 0.5) is 4.39 Å². The zero-order valence-electron chi connectivity index (χ0n) is 19.9. The summed E-state index contributed by atoms with van der Waals surface area (Å²) in [5.74, 6) is 0.868. The molecule has 1 atom stereocenters. The van der Waals surface area contributed by atoms with Crippen LogP contribution in [0, 0.1) is 36.7 Å². The summed E-state index contributed by atoms with van der Waals surface area (Å²) in [5.41, 5.74) is 4.63. The van der Waals surface area contributed by atoms with Gasteiger partial charge in [-0.1, -0.05) is 45.9 Å². The maximum absolute atomic E-state index is 13.3. The Morgan fingerprint density at radius 2 is 1.81 bits per heavy atom. The molecule has 1 heterocycles. The van der Waals surface area contributed by atoms with Crippen LogP contribution in [0.1, 0.15) is 33.3 Å². The van der Waals surface area contributed by atoms with Crippen LogP contribution in [-0.4, -0.2) is 26.2 Å². The minimum absolute atomic E-state index is 0.197. The summed E-state index contributed by atoms with van der Waals surface area (Å²) in [6.45, 7) is 5.79. The molecular weight excluding hydrogens is 547 g/mol. The topological polar surface area (TPSA) is 83.1 Å². The van der Waals surface area contributed by atoms with Crippen LogP contribution in [-0.2, 0) is 6.61 Å². The zero-order chi connectivity index (χ0) is 25.8. The first-order valence-electron chi connectivity index (χ1n) is 11.2. The molecule has 10 heteroatoms.